The lowest BCUT2D eigenvalue weighted by Crippen LogP contribution is -2.04. The van der Waals surface area contributed by atoms with E-state index < -0.39 is 0 Å². The minimum Gasteiger partial charge on any atom is -0.497 e. The van der Waals surface area contributed by atoms with Gasteiger partial charge in [-0.2, -0.15) is 0 Å². The quantitative estimate of drug-likeness (QED) is 0.805. The number of fused-ring (bicyclic) bond motifs is 1. The molecule has 5 heteroatoms. The van der Waals surface area contributed by atoms with Crippen molar-refractivity contribution < 1.29 is 4.74 Å². The number of methoxy groups -OCH3 is 1. The van der Waals surface area contributed by atoms with Crippen molar-refractivity contribution in [2.24, 2.45) is 5.73 Å². The molecule has 0 fully saturated rings. The van der Waals surface area contributed by atoms with Crippen LogP contribution in [0.15, 0.2) is 42.6 Å². The van der Waals surface area contributed by atoms with Crippen LogP contribution in [-0.4, -0.2) is 23.0 Å². The first-order valence-corrected chi connectivity index (χ1v) is 7.11. The largest absolute Gasteiger partial charge is 0.497 e. The normalized spacial score (nSPS) is 11.0. The maximum atomic E-state index is 6.12. The van der Waals surface area contributed by atoms with E-state index in [0.717, 1.165) is 34.8 Å². The molecule has 108 valence electrons. The van der Waals surface area contributed by atoms with Crippen molar-refractivity contribution >= 4 is 17.2 Å². The molecule has 0 atom stereocenters. The Labute approximate surface area is 128 Å². The van der Waals surface area contributed by atoms with Crippen LogP contribution in [0.3, 0.4) is 0 Å². The summed E-state index contributed by atoms with van der Waals surface area (Å²) in [6.45, 7) is 0.556. The smallest absolute Gasteiger partial charge is 0.137 e. The van der Waals surface area contributed by atoms with Gasteiger partial charge in [-0.3, -0.25) is 4.40 Å². The average Bonchev–Trinajstić information content (AvgIpc) is 2.85. The van der Waals surface area contributed by atoms with Crippen LogP contribution in [0.2, 0.25) is 5.02 Å². The lowest BCUT2D eigenvalue weighted by atomic mass is 10.1. The molecular weight excluding hydrogens is 286 g/mol. The molecule has 0 saturated heterocycles. The zero-order valence-electron chi connectivity index (χ0n) is 11.7. The Morgan fingerprint density at radius 1 is 1.19 bits per heavy atom. The third-order valence-corrected chi connectivity index (χ3v) is 3.62. The van der Waals surface area contributed by atoms with Crippen LogP contribution in [0.5, 0.6) is 5.75 Å². The number of nitrogens with zero attached hydrogens (tertiary/aromatic N) is 2. The molecule has 21 heavy (non-hydrogen) atoms. The summed E-state index contributed by atoms with van der Waals surface area (Å²) >= 11 is 6.12. The van der Waals surface area contributed by atoms with Gasteiger partial charge in [0, 0.05) is 18.2 Å². The second-order valence-corrected chi connectivity index (χ2v) is 5.19. The minimum atomic E-state index is 0.556. The van der Waals surface area contributed by atoms with Gasteiger partial charge in [0.2, 0.25) is 0 Å². The number of aromatic nitrogens is 2. The molecule has 2 aromatic heterocycles. The van der Waals surface area contributed by atoms with Crippen molar-refractivity contribution in [3.05, 3.63) is 53.3 Å². The highest BCUT2D eigenvalue weighted by atomic mass is 35.5. The zero-order valence-corrected chi connectivity index (χ0v) is 12.5. The van der Waals surface area contributed by atoms with E-state index in [9.17, 15) is 0 Å². The summed E-state index contributed by atoms with van der Waals surface area (Å²) in [6, 6.07) is 11.7. The lowest BCUT2D eigenvalue weighted by molar-refractivity contribution is 0.415. The Morgan fingerprint density at radius 2 is 1.95 bits per heavy atom. The van der Waals surface area contributed by atoms with E-state index in [0.29, 0.717) is 11.6 Å². The monoisotopic (exact) mass is 301 g/mol. The van der Waals surface area contributed by atoms with Crippen LogP contribution in [0.25, 0.3) is 16.9 Å². The van der Waals surface area contributed by atoms with Gasteiger partial charge in [0.15, 0.2) is 0 Å². The van der Waals surface area contributed by atoms with Crippen molar-refractivity contribution in [3.8, 4) is 17.0 Å². The van der Waals surface area contributed by atoms with Gasteiger partial charge in [-0.1, -0.05) is 11.6 Å². The van der Waals surface area contributed by atoms with Crippen LogP contribution < -0.4 is 10.5 Å². The van der Waals surface area contributed by atoms with E-state index >= 15 is 0 Å². The molecule has 0 saturated carbocycles. The predicted molar refractivity (Wildman–Crippen MR) is 84.9 cm³/mol. The summed E-state index contributed by atoms with van der Waals surface area (Å²) in [4.78, 5) is 4.66. The van der Waals surface area contributed by atoms with Crippen LogP contribution in [-0.2, 0) is 6.42 Å². The maximum Gasteiger partial charge on any atom is 0.137 e. The fourth-order valence-electron chi connectivity index (χ4n) is 2.43. The first-order valence-electron chi connectivity index (χ1n) is 6.74. The highest BCUT2D eigenvalue weighted by Gasteiger charge is 2.14. The molecule has 0 aliphatic heterocycles. The van der Waals surface area contributed by atoms with Crippen molar-refractivity contribution in [2.75, 3.05) is 13.7 Å². The highest BCUT2D eigenvalue weighted by Crippen LogP contribution is 2.28. The van der Waals surface area contributed by atoms with Crippen molar-refractivity contribution in [2.45, 2.75) is 6.42 Å². The minimum absolute atomic E-state index is 0.556. The number of benzene rings is 1. The Kier molecular flexibility index (Phi) is 3.82. The molecule has 0 aliphatic rings. The average molecular weight is 302 g/mol. The molecule has 4 nitrogen and oxygen atoms in total. The highest BCUT2D eigenvalue weighted by molar-refractivity contribution is 6.30. The number of rotatable bonds is 4. The molecule has 0 radical (unpaired) electrons. The van der Waals surface area contributed by atoms with Gasteiger partial charge in [-0.25, -0.2) is 4.98 Å². The Balaban J connectivity index is 2.21. The van der Waals surface area contributed by atoms with Gasteiger partial charge in [-0.05, 0) is 42.9 Å². The van der Waals surface area contributed by atoms with Crippen LogP contribution in [0, 0.1) is 0 Å². The fraction of sp³-hybridized carbons (Fsp3) is 0.188. The molecule has 3 aromatic rings. The van der Waals surface area contributed by atoms with Crippen molar-refractivity contribution in [3.63, 3.8) is 0 Å². The van der Waals surface area contributed by atoms with E-state index in [-0.39, 0.29) is 0 Å². The molecule has 2 heterocycles. The van der Waals surface area contributed by atoms with E-state index in [1.165, 1.54) is 0 Å². The summed E-state index contributed by atoms with van der Waals surface area (Å²) in [6.07, 6.45) is 2.60. The van der Waals surface area contributed by atoms with Gasteiger partial charge < -0.3 is 10.5 Å². The van der Waals surface area contributed by atoms with Crippen molar-refractivity contribution in [1.29, 1.82) is 0 Å². The van der Waals surface area contributed by atoms with Crippen LogP contribution >= 0.6 is 11.6 Å². The third kappa shape index (κ3) is 2.60. The lowest BCUT2D eigenvalue weighted by Gasteiger charge is -2.06. The van der Waals surface area contributed by atoms with E-state index in [1.54, 1.807) is 7.11 Å². The molecule has 0 unspecified atom stereocenters. The second kappa shape index (κ2) is 5.76. The van der Waals surface area contributed by atoms with Gasteiger partial charge in [0.1, 0.15) is 11.4 Å². The SMILES string of the molecule is COc1ccc(-c2c(CCN)nc3ccc(Cl)cn23)cc1. The molecule has 2 N–H and O–H groups in total. The predicted octanol–water partition coefficient (Wildman–Crippen LogP) is 3.16. The topological polar surface area (TPSA) is 52.5 Å². The molecule has 1 aromatic carbocycles. The fourth-order valence-corrected chi connectivity index (χ4v) is 2.59. The number of halogens is 1. The first kappa shape index (κ1) is 13.9. The standard InChI is InChI=1S/C16H16ClN3O/c1-21-13-5-2-11(3-6-13)16-14(8-9-18)19-15-7-4-12(17)10-20(15)16/h2-7,10H,8-9,18H2,1H3. The maximum absolute atomic E-state index is 6.12. The van der Waals surface area contributed by atoms with Gasteiger partial charge in [0.25, 0.3) is 0 Å². The van der Waals surface area contributed by atoms with Gasteiger partial charge in [-0.15, -0.1) is 0 Å². The molecule has 0 aliphatic carbocycles. The molecular formula is C16H16ClN3O. The van der Waals surface area contributed by atoms with Crippen LogP contribution in [0.4, 0.5) is 0 Å². The Morgan fingerprint density at radius 3 is 2.62 bits per heavy atom. The zero-order chi connectivity index (χ0) is 14.8. The van der Waals surface area contributed by atoms with Crippen molar-refractivity contribution in [1.82, 2.24) is 9.38 Å². The Bertz CT molecular complexity index is 765. The van der Waals surface area contributed by atoms with E-state index in [4.69, 9.17) is 22.1 Å². The van der Waals surface area contributed by atoms with E-state index in [2.05, 4.69) is 4.98 Å². The van der Waals surface area contributed by atoms with E-state index in [1.807, 2.05) is 47.0 Å². The number of hydrogen-bond acceptors (Lipinski definition) is 3. The summed E-state index contributed by atoms with van der Waals surface area (Å²) in [7, 11) is 1.66. The summed E-state index contributed by atoms with van der Waals surface area (Å²) < 4.78 is 7.22. The summed E-state index contributed by atoms with van der Waals surface area (Å²) in [5.41, 5.74) is 9.65. The number of imidazole rings is 1. The number of nitrogens with two attached hydrogens (primary N) is 1. The first-order chi connectivity index (χ1) is 10.2. The summed E-state index contributed by atoms with van der Waals surface area (Å²) in [5, 5.41) is 0.675. The van der Waals surface area contributed by atoms with Crippen LogP contribution in [0.1, 0.15) is 5.69 Å². The number of hydrogen-bond donors (Lipinski definition) is 1. The number of pyridine rings is 1. The van der Waals surface area contributed by atoms with Gasteiger partial charge >= 0.3 is 0 Å². The second-order valence-electron chi connectivity index (χ2n) is 4.75. The number of ether oxygens (including phenoxy) is 1. The third-order valence-electron chi connectivity index (χ3n) is 3.40. The van der Waals surface area contributed by atoms with Gasteiger partial charge in [0.05, 0.1) is 23.5 Å². The molecule has 0 amide bonds. The Hall–Kier alpha value is -2.04. The molecule has 0 spiro atoms. The summed E-state index contributed by atoms with van der Waals surface area (Å²) in [5.74, 6) is 0.825. The molecule has 3 rings (SSSR count). The molecule has 0 bridgehead atoms.